The average Bonchev–Trinajstić information content (AvgIpc) is 2.64. The Hall–Kier alpha value is -2.90. The van der Waals surface area contributed by atoms with E-state index in [1.54, 1.807) is 30.0 Å². The lowest BCUT2D eigenvalue weighted by Crippen LogP contribution is -2.42. The van der Waals surface area contributed by atoms with Crippen LogP contribution in [-0.4, -0.2) is 46.7 Å². The fourth-order valence-electron chi connectivity index (χ4n) is 3.01. The first kappa shape index (κ1) is 18.9. The van der Waals surface area contributed by atoms with E-state index >= 15 is 0 Å². The first-order valence-corrected chi connectivity index (χ1v) is 9.10. The molecule has 1 aromatic carbocycles. The fourth-order valence-corrected chi connectivity index (χ4v) is 3.01. The first-order chi connectivity index (χ1) is 13.0. The van der Waals surface area contributed by atoms with Gasteiger partial charge in [0.1, 0.15) is 11.6 Å². The number of rotatable bonds is 5. The number of hydrogen-bond acceptors (Lipinski definition) is 6. The Kier molecular flexibility index (Phi) is 6.05. The van der Waals surface area contributed by atoms with Crippen LogP contribution in [0.15, 0.2) is 30.3 Å². The minimum atomic E-state index is -0.358. The van der Waals surface area contributed by atoms with Crippen molar-refractivity contribution in [3.63, 3.8) is 0 Å². The van der Waals surface area contributed by atoms with Crippen molar-refractivity contribution >= 4 is 23.5 Å². The van der Waals surface area contributed by atoms with Crippen LogP contribution in [-0.2, 0) is 4.74 Å². The maximum Gasteiger partial charge on any atom is 0.409 e. The quantitative estimate of drug-likeness (QED) is 0.832. The number of aromatic nitrogens is 2. The Balaban J connectivity index is 1.62. The molecule has 0 saturated carbocycles. The number of nitrogens with one attached hydrogen (secondary N) is 2. The van der Waals surface area contributed by atoms with Crippen LogP contribution in [0.25, 0.3) is 0 Å². The molecule has 27 heavy (non-hydrogen) atoms. The number of halogens is 1. The molecule has 1 saturated heterocycles. The number of carbonyl (C=O) groups is 1. The third-order valence-corrected chi connectivity index (χ3v) is 4.35. The van der Waals surface area contributed by atoms with Crippen molar-refractivity contribution in [2.45, 2.75) is 32.7 Å². The van der Waals surface area contributed by atoms with E-state index in [2.05, 4.69) is 20.6 Å². The van der Waals surface area contributed by atoms with Crippen molar-refractivity contribution in [3.8, 4) is 0 Å². The monoisotopic (exact) mass is 373 g/mol. The normalized spacial score (nSPS) is 14.7. The van der Waals surface area contributed by atoms with Gasteiger partial charge in [0.2, 0.25) is 5.95 Å². The highest BCUT2D eigenvalue weighted by Gasteiger charge is 2.23. The smallest absolute Gasteiger partial charge is 0.409 e. The minimum Gasteiger partial charge on any atom is -0.450 e. The number of anilines is 3. The average molecular weight is 373 g/mol. The highest BCUT2D eigenvalue weighted by molar-refractivity contribution is 5.67. The van der Waals surface area contributed by atoms with Gasteiger partial charge in [-0.05, 0) is 38.8 Å². The van der Waals surface area contributed by atoms with Crippen molar-refractivity contribution in [3.05, 3.63) is 41.8 Å². The molecule has 0 unspecified atom stereocenters. The Morgan fingerprint density at radius 2 is 2.04 bits per heavy atom. The van der Waals surface area contributed by atoms with Gasteiger partial charge >= 0.3 is 6.09 Å². The summed E-state index contributed by atoms with van der Waals surface area (Å²) in [5.74, 6) is 0.658. The van der Waals surface area contributed by atoms with E-state index in [0.717, 1.165) is 18.5 Å². The molecule has 2 aromatic rings. The molecule has 7 nitrogen and oxygen atoms in total. The van der Waals surface area contributed by atoms with E-state index in [9.17, 15) is 9.18 Å². The summed E-state index contributed by atoms with van der Waals surface area (Å²) < 4.78 is 18.9. The number of benzene rings is 1. The van der Waals surface area contributed by atoms with Gasteiger partial charge in [0.15, 0.2) is 0 Å². The second kappa shape index (κ2) is 8.66. The lowest BCUT2D eigenvalue weighted by molar-refractivity contribution is 0.0983. The predicted octanol–water partition coefficient (Wildman–Crippen LogP) is 3.70. The number of carbonyl (C=O) groups excluding carboxylic acids is 1. The molecule has 0 spiro atoms. The zero-order chi connectivity index (χ0) is 19.2. The van der Waals surface area contributed by atoms with Crippen molar-refractivity contribution < 1.29 is 13.9 Å². The molecule has 0 radical (unpaired) electrons. The van der Waals surface area contributed by atoms with Gasteiger partial charge in [0.25, 0.3) is 0 Å². The number of aryl methyl sites for hydroxylation is 1. The molecular formula is C19H24FN5O2. The molecule has 3 rings (SSSR count). The van der Waals surface area contributed by atoms with Crippen LogP contribution in [0, 0.1) is 12.7 Å². The van der Waals surface area contributed by atoms with Crippen LogP contribution in [0.2, 0.25) is 0 Å². The van der Waals surface area contributed by atoms with Crippen molar-refractivity contribution in [2.75, 3.05) is 30.3 Å². The molecule has 0 bridgehead atoms. The Bertz CT molecular complexity index is 793. The Morgan fingerprint density at radius 1 is 1.30 bits per heavy atom. The van der Waals surface area contributed by atoms with Crippen molar-refractivity contribution in [1.82, 2.24) is 14.9 Å². The SMILES string of the molecule is CCOC(=O)N1CCC(Nc2cc(C)nc(Nc3ccccc3F)n2)CC1. The highest BCUT2D eigenvalue weighted by atomic mass is 19.1. The maximum atomic E-state index is 13.8. The number of nitrogens with zero attached hydrogens (tertiary/aromatic N) is 3. The van der Waals surface area contributed by atoms with Crippen LogP contribution in [0.1, 0.15) is 25.5 Å². The van der Waals surface area contributed by atoms with Gasteiger partial charge in [-0.25, -0.2) is 14.2 Å². The molecule has 144 valence electrons. The summed E-state index contributed by atoms with van der Waals surface area (Å²) >= 11 is 0. The summed E-state index contributed by atoms with van der Waals surface area (Å²) in [7, 11) is 0. The zero-order valence-corrected chi connectivity index (χ0v) is 15.5. The summed E-state index contributed by atoms with van der Waals surface area (Å²) in [6, 6.07) is 8.45. The van der Waals surface area contributed by atoms with Crippen LogP contribution in [0.5, 0.6) is 0 Å². The number of para-hydroxylation sites is 1. The maximum absolute atomic E-state index is 13.8. The topological polar surface area (TPSA) is 79.4 Å². The summed E-state index contributed by atoms with van der Waals surface area (Å²) in [4.78, 5) is 22.3. The summed E-state index contributed by atoms with van der Waals surface area (Å²) in [5.41, 5.74) is 1.10. The van der Waals surface area contributed by atoms with Gasteiger partial charge in [-0.2, -0.15) is 4.98 Å². The van der Waals surface area contributed by atoms with Gasteiger partial charge in [0.05, 0.1) is 12.3 Å². The van der Waals surface area contributed by atoms with E-state index < -0.39 is 0 Å². The summed E-state index contributed by atoms with van der Waals surface area (Å²) in [5, 5.41) is 6.31. The predicted molar refractivity (Wildman–Crippen MR) is 102 cm³/mol. The lowest BCUT2D eigenvalue weighted by Gasteiger charge is -2.31. The van der Waals surface area contributed by atoms with Crippen LogP contribution in [0.4, 0.5) is 26.6 Å². The van der Waals surface area contributed by atoms with Crippen LogP contribution >= 0.6 is 0 Å². The van der Waals surface area contributed by atoms with E-state index in [1.165, 1.54) is 6.07 Å². The molecule has 1 fully saturated rings. The number of amides is 1. The summed E-state index contributed by atoms with van der Waals surface area (Å²) in [6.45, 7) is 5.33. The number of piperidine rings is 1. The fraction of sp³-hybridized carbons (Fsp3) is 0.421. The molecule has 2 heterocycles. The van der Waals surface area contributed by atoms with E-state index in [-0.39, 0.29) is 18.0 Å². The molecule has 1 aliphatic heterocycles. The Labute approximate surface area is 158 Å². The molecule has 8 heteroatoms. The molecular weight excluding hydrogens is 349 g/mol. The molecule has 0 atom stereocenters. The third-order valence-electron chi connectivity index (χ3n) is 4.35. The van der Waals surface area contributed by atoms with Gasteiger partial charge < -0.3 is 20.3 Å². The minimum absolute atomic E-state index is 0.200. The molecule has 1 aromatic heterocycles. The van der Waals surface area contributed by atoms with Crippen molar-refractivity contribution in [1.29, 1.82) is 0 Å². The van der Waals surface area contributed by atoms with Gasteiger partial charge in [-0.1, -0.05) is 12.1 Å². The second-order valence-electron chi connectivity index (χ2n) is 6.43. The number of hydrogen-bond donors (Lipinski definition) is 2. The summed E-state index contributed by atoms with van der Waals surface area (Å²) in [6.07, 6.45) is 1.35. The van der Waals surface area contributed by atoms with Gasteiger partial charge in [0, 0.05) is 30.9 Å². The standard InChI is InChI=1S/C19H24FN5O2/c1-3-27-19(26)25-10-8-14(9-11-25)22-17-12-13(2)21-18(24-17)23-16-7-5-4-6-15(16)20/h4-7,12,14H,3,8-11H2,1-2H3,(H2,21,22,23,24). The van der Waals surface area contributed by atoms with E-state index in [4.69, 9.17) is 4.74 Å². The van der Waals surface area contributed by atoms with E-state index in [1.807, 2.05) is 13.0 Å². The highest BCUT2D eigenvalue weighted by Crippen LogP contribution is 2.21. The van der Waals surface area contributed by atoms with Crippen LogP contribution < -0.4 is 10.6 Å². The van der Waals surface area contributed by atoms with Crippen molar-refractivity contribution in [2.24, 2.45) is 0 Å². The van der Waals surface area contributed by atoms with Crippen LogP contribution in [0.3, 0.4) is 0 Å². The van der Waals surface area contributed by atoms with E-state index in [0.29, 0.717) is 37.1 Å². The zero-order valence-electron chi connectivity index (χ0n) is 15.5. The largest absolute Gasteiger partial charge is 0.450 e. The Morgan fingerprint density at radius 3 is 2.74 bits per heavy atom. The molecule has 1 amide bonds. The lowest BCUT2D eigenvalue weighted by atomic mass is 10.1. The third kappa shape index (κ3) is 5.06. The number of likely N-dealkylation sites (tertiary alicyclic amines) is 1. The second-order valence-corrected chi connectivity index (χ2v) is 6.43. The molecule has 2 N–H and O–H groups in total. The van der Waals surface area contributed by atoms with Gasteiger partial charge in [-0.15, -0.1) is 0 Å². The molecule has 1 aliphatic rings. The first-order valence-electron chi connectivity index (χ1n) is 9.10. The number of ether oxygens (including phenoxy) is 1. The molecule has 0 aliphatic carbocycles. The van der Waals surface area contributed by atoms with Gasteiger partial charge in [-0.3, -0.25) is 0 Å².